The van der Waals surface area contributed by atoms with Crippen molar-refractivity contribution in [2.75, 3.05) is 16.9 Å². The minimum absolute atomic E-state index is 0.371. The van der Waals surface area contributed by atoms with E-state index in [0.29, 0.717) is 25.0 Å². The van der Waals surface area contributed by atoms with Crippen molar-refractivity contribution in [2.45, 2.75) is 6.54 Å². The van der Waals surface area contributed by atoms with E-state index in [4.69, 9.17) is 10.5 Å². The van der Waals surface area contributed by atoms with Crippen LogP contribution in [0.5, 0.6) is 0 Å². The first-order valence-corrected chi connectivity index (χ1v) is 7.28. The molecular formula is C16H16N6O. The lowest BCUT2D eigenvalue weighted by molar-refractivity contribution is 0.281. The van der Waals surface area contributed by atoms with E-state index < -0.39 is 0 Å². The second-order valence-corrected chi connectivity index (χ2v) is 5.23. The van der Waals surface area contributed by atoms with Gasteiger partial charge in [0.2, 0.25) is 5.95 Å². The molecule has 0 saturated carbocycles. The van der Waals surface area contributed by atoms with Gasteiger partial charge in [-0.1, -0.05) is 6.07 Å². The van der Waals surface area contributed by atoms with Crippen molar-refractivity contribution in [3.8, 4) is 0 Å². The number of nitrogens with one attached hydrogen (secondary N) is 2. The Morgan fingerprint density at radius 2 is 2.26 bits per heavy atom. The Labute approximate surface area is 132 Å². The number of hydrogen-bond acceptors (Lipinski definition) is 6. The zero-order valence-electron chi connectivity index (χ0n) is 12.4. The average Bonchev–Trinajstić information content (AvgIpc) is 3.19. The van der Waals surface area contributed by atoms with E-state index in [-0.39, 0.29) is 0 Å². The van der Waals surface area contributed by atoms with Crippen molar-refractivity contribution in [1.82, 2.24) is 15.0 Å². The van der Waals surface area contributed by atoms with Crippen LogP contribution in [0.15, 0.2) is 54.7 Å². The molecule has 7 heteroatoms. The second-order valence-electron chi connectivity index (χ2n) is 5.23. The summed E-state index contributed by atoms with van der Waals surface area (Å²) in [6.07, 6.45) is 3.31. The fraction of sp³-hybridized carbons (Fsp3) is 0.125. The van der Waals surface area contributed by atoms with Gasteiger partial charge in [0.05, 0.1) is 23.3 Å². The molecule has 116 valence electrons. The summed E-state index contributed by atoms with van der Waals surface area (Å²) in [7, 11) is 0. The highest BCUT2D eigenvalue weighted by Crippen LogP contribution is 2.23. The summed E-state index contributed by atoms with van der Waals surface area (Å²) in [6.45, 7) is 1.04. The van der Waals surface area contributed by atoms with Crippen LogP contribution in [0.2, 0.25) is 0 Å². The van der Waals surface area contributed by atoms with Gasteiger partial charge in [-0.25, -0.2) is 4.98 Å². The number of hydrogen-bond donors (Lipinski definition) is 3. The minimum Gasteiger partial charge on any atom is -0.476 e. The van der Waals surface area contributed by atoms with Crippen LogP contribution < -0.4 is 16.0 Å². The number of benzene rings is 1. The van der Waals surface area contributed by atoms with E-state index >= 15 is 0 Å². The molecule has 1 aromatic carbocycles. The number of aromatic amines is 1. The Kier molecular flexibility index (Phi) is 3.23. The lowest BCUT2D eigenvalue weighted by Crippen LogP contribution is -2.24. The largest absolute Gasteiger partial charge is 0.476 e. The summed E-state index contributed by atoms with van der Waals surface area (Å²) in [4.78, 5) is 13.9. The summed E-state index contributed by atoms with van der Waals surface area (Å²) < 4.78 is 5.19. The number of fused-ring (bicyclic) bond motifs is 1. The molecule has 7 nitrogen and oxygen atoms in total. The van der Waals surface area contributed by atoms with E-state index in [1.807, 2.05) is 36.4 Å². The molecule has 0 saturated heterocycles. The Morgan fingerprint density at radius 1 is 1.30 bits per heavy atom. The molecule has 0 spiro atoms. The van der Waals surface area contributed by atoms with Gasteiger partial charge in [0.25, 0.3) is 0 Å². The molecule has 0 amide bonds. The van der Waals surface area contributed by atoms with Gasteiger partial charge in [0.1, 0.15) is 12.1 Å². The first-order valence-electron chi connectivity index (χ1n) is 7.28. The van der Waals surface area contributed by atoms with Gasteiger partial charge in [-0.15, -0.1) is 0 Å². The molecule has 0 radical (unpaired) electrons. The predicted octanol–water partition coefficient (Wildman–Crippen LogP) is 2.12. The first-order chi connectivity index (χ1) is 11.3. The smallest absolute Gasteiger partial charge is 0.212 e. The molecule has 3 aromatic rings. The van der Waals surface area contributed by atoms with Crippen molar-refractivity contribution in [2.24, 2.45) is 5.73 Å². The Hall–Kier alpha value is -3.22. The van der Waals surface area contributed by atoms with Gasteiger partial charge in [0.15, 0.2) is 6.73 Å². The molecule has 0 atom stereocenters. The molecule has 4 N–H and O–H groups in total. The highest BCUT2D eigenvalue weighted by atomic mass is 16.5. The highest BCUT2D eigenvalue weighted by Gasteiger charge is 2.18. The van der Waals surface area contributed by atoms with E-state index in [1.54, 1.807) is 11.1 Å². The maximum absolute atomic E-state index is 5.86. The van der Waals surface area contributed by atoms with Crippen molar-refractivity contribution < 1.29 is 4.74 Å². The summed E-state index contributed by atoms with van der Waals surface area (Å²) in [6, 6.07) is 11.9. The maximum Gasteiger partial charge on any atom is 0.212 e. The molecule has 23 heavy (non-hydrogen) atoms. The molecule has 0 unspecified atom stereocenters. The molecule has 1 aliphatic heterocycles. The van der Waals surface area contributed by atoms with Crippen LogP contribution in [-0.4, -0.2) is 21.7 Å². The topological polar surface area (TPSA) is 92.1 Å². The predicted molar refractivity (Wildman–Crippen MR) is 88.4 cm³/mol. The van der Waals surface area contributed by atoms with E-state index in [1.165, 1.54) is 6.26 Å². The minimum atomic E-state index is 0.371. The van der Waals surface area contributed by atoms with Gasteiger partial charge in [-0.05, 0) is 30.3 Å². The lowest BCUT2D eigenvalue weighted by atomic mass is 10.2. The van der Waals surface area contributed by atoms with Crippen LogP contribution in [0.1, 0.15) is 5.69 Å². The summed E-state index contributed by atoms with van der Waals surface area (Å²) in [5, 5.41) is 3.36. The van der Waals surface area contributed by atoms with Crippen LogP contribution in [0.25, 0.3) is 11.0 Å². The Balaban J connectivity index is 1.55. The van der Waals surface area contributed by atoms with Crippen LogP contribution in [0, 0.1) is 0 Å². The van der Waals surface area contributed by atoms with Crippen molar-refractivity contribution in [3.63, 3.8) is 0 Å². The quantitative estimate of drug-likeness (QED) is 0.684. The molecule has 0 aliphatic carbocycles. The summed E-state index contributed by atoms with van der Waals surface area (Å²) >= 11 is 0. The van der Waals surface area contributed by atoms with Gasteiger partial charge >= 0.3 is 0 Å². The number of H-pyrrole nitrogens is 1. The zero-order chi connectivity index (χ0) is 15.6. The SMILES string of the molecule is NC1=COCN1c1nc2ccc(NCc3ccccn3)cc2[nH]1. The number of imidazole rings is 1. The fourth-order valence-corrected chi connectivity index (χ4v) is 2.45. The van der Waals surface area contributed by atoms with Crippen LogP contribution in [0.4, 0.5) is 11.6 Å². The average molecular weight is 308 g/mol. The lowest BCUT2D eigenvalue weighted by Gasteiger charge is -2.12. The Bertz CT molecular complexity index is 857. The third-order valence-corrected chi connectivity index (χ3v) is 3.64. The molecule has 2 aromatic heterocycles. The molecule has 1 aliphatic rings. The molecule has 4 rings (SSSR count). The summed E-state index contributed by atoms with van der Waals surface area (Å²) in [5.41, 5.74) is 9.66. The summed E-state index contributed by atoms with van der Waals surface area (Å²) in [5.74, 6) is 1.21. The number of rotatable bonds is 4. The van der Waals surface area contributed by atoms with E-state index in [2.05, 4.69) is 20.3 Å². The molecule has 0 bridgehead atoms. The zero-order valence-corrected chi connectivity index (χ0v) is 12.4. The van der Waals surface area contributed by atoms with Gasteiger partial charge < -0.3 is 20.8 Å². The molecule has 3 heterocycles. The number of nitrogens with two attached hydrogens (primary N) is 1. The van der Waals surface area contributed by atoms with Gasteiger partial charge in [-0.2, -0.15) is 0 Å². The Morgan fingerprint density at radius 3 is 3.04 bits per heavy atom. The third-order valence-electron chi connectivity index (χ3n) is 3.64. The van der Waals surface area contributed by atoms with Crippen LogP contribution in [-0.2, 0) is 11.3 Å². The van der Waals surface area contributed by atoms with Crippen molar-refractivity contribution in [3.05, 3.63) is 60.4 Å². The van der Waals surface area contributed by atoms with Gasteiger partial charge in [-0.3, -0.25) is 9.88 Å². The van der Waals surface area contributed by atoms with Gasteiger partial charge in [0, 0.05) is 11.9 Å². The number of nitrogens with zero attached hydrogens (tertiary/aromatic N) is 3. The number of pyridine rings is 1. The molecular weight excluding hydrogens is 292 g/mol. The van der Waals surface area contributed by atoms with Crippen LogP contribution >= 0.6 is 0 Å². The van der Waals surface area contributed by atoms with E-state index in [0.717, 1.165) is 22.4 Å². The van der Waals surface area contributed by atoms with Crippen molar-refractivity contribution in [1.29, 1.82) is 0 Å². The standard InChI is InChI=1S/C16H16N6O/c17-15-9-23-10-22(15)16-20-13-5-4-11(7-14(13)21-16)19-8-12-3-1-2-6-18-12/h1-7,9,19H,8,10,17H2,(H,20,21). The van der Waals surface area contributed by atoms with E-state index in [9.17, 15) is 0 Å². The van der Waals surface area contributed by atoms with Crippen molar-refractivity contribution >= 4 is 22.7 Å². The first kappa shape index (κ1) is 13.4. The molecule has 0 fully saturated rings. The monoisotopic (exact) mass is 308 g/mol. The third kappa shape index (κ3) is 2.64. The maximum atomic E-state index is 5.86. The second kappa shape index (κ2) is 5.53. The number of anilines is 2. The normalized spacial score (nSPS) is 13.9. The van der Waals surface area contributed by atoms with Crippen LogP contribution in [0.3, 0.4) is 0 Å². The number of ether oxygens (including phenoxy) is 1. The highest BCUT2D eigenvalue weighted by molar-refractivity contribution is 5.81. The number of aromatic nitrogens is 3. The fourth-order valence-electron chi connectivity index (χ4n) is 2.45.